The fourth-order valence-corrected chi connectivity index (χ4v) is 2.49. The zero-order valence-electron chi connectivity index (χ0n) is 14.4. The van der Waals surface area contributed by atoms with Crippen molar-refractivity contribution < 1.29 is 13.6 Å². The molecule has 2 aromatic rings. The van der Waals surface area contributed by atoms with Crippen LogP contribution in [0.5, 0.6) is 0 Å². The molecule has 0 spiro atoms. The quantitative estimate of drug-likeness (QED) is 0.839. The van der Waals surface area contributed by atoms with Gasteiger partial charge in [-0.2, -0.15) is 5.10 Å². The molecule has 2 aromatic heterocycles. The fourth-order valence-electron chi connectivity index (χ4n) is 2.49. The van der Waals surface area contributed by atoms with Crippen LogP contribution in [-0.4, -0.2) is 32.1 Å². The lowest BCUT2D eigenvalue weighted by Gasteiger charge is -2.07. The molecule has 0 aliphatic heterocycles. The highest BCUT2D eigenvalue weighted by atomic mass is 19.3. The lowest BCUT2D eigenvalue weighted by Crippen LogP contribution is -2.19. The van der Waals surface area contributed by atoms with Crippen molar-refractivity contribution >= 4 is 17.8 Å². The van der Waals surface area contributed by atoms with E-state index in [1.807, 2.05) is 6.07 Å². The van der Waals surface area contributed by atoms with Gasteiger partial charge in [0, 0.05) is 30.9 Å². The summed E-state index contributed by atoms with van der Waals surface area (Å²) < 4.78 is 27.0. The van der Waals surface area contributed by atoms with E-state index in [4.69, 9.17) is 0 Å². The van der Waals surface area contributed by atoms with Crippen molar-refractivity contribution in [2.75, 3.05) is 5.32 Å². The van der Waals surface area contributed by atoms with Crippen molar-refractivity contribution in [2.24, 2.45) is 7.05 Å². The molecule has 1 saturated carbocycles. The largest absolute Gasteiger partial charge is 0.334 e. The number of H-pyrrole nitrogens is 1. The number of aromatic amines is 1. The first-order valence-electron chi connectivity index (χ1n) is 8.21. The number of carbonyl (C=O) groups is 1. The zero-order chi connectivity index (χ0) is 18.1. The molecule has 0 bridgehead atoms. The fraction of sp³-hybridized carbons (Fsp3) is 0.471. The van der Waals surface area contributed by atoms with Gasteiger partial charge in [-0.1, -0.05) is 0 Å². The summed E-state index contributed by atoms with van der Waals surface area (Å²) in [6, 6.07) is 1.85. The second-order valence-corrected chi connectivity index (χ2v) is 6.52. The van der Waals surface area contributed by atoms with E-state index in [0.29, 0.717) is 23.3 Å². The number of imidazole rings is 1. The summed E-state index contributed by atoms with van der Waals surface area (Å²) in [6.07, 6.45) is 2.77. The van der Waals surface area contributed by atoms with Gasteiger partial charge in [0.1, 0.15) is 5.82 Å². The Morgan fingerprint density at radius 2 is 2.20 bits per heavy atom. The Morgan fingerprint density at radius 1 is 1.48 bits per heavy atom. The monoisotopic (exact) mass is 349 g/mol. The van der Waals surface area contributed by atoms with Crippen molar-refractivity contribution in [1.29, 1.82) is 0 Å². The van der Waals surface area contributed by atoms with Gasteiger partial charge in [-0.15, -0.1) is 0 Å². The number of hydrogen-bond acceptors (Lipinski definition) is 3. The third kappa shape index (κ3) is 3.94. The number of carbonyl (C=O) groups excluding carboxylic acids is 1. The SMILES string of the molecule is C/C(=C\c1nc([C@@H](C)C(=O)Nc2cc(C3CC3)[nH]n2)cn1C)C(F)F. The molecule has 6 nitrogen and oxygen atoms in total. The Morgan fingerprint density at radius 3 is 2.84 bits per heavy atom. The van der Waals surface area contributed by atoms with Gasteiger partial charge in [0.15, 0.2) is 5.82 Å². The molecule has 0 radical (unpaired) electrons. The molecule has 0 unspecified atom stereocenters. The van der Waals surface area contributed by atoms with Gasteiger partial charge in [0.05, 0.1) is 11.6 Å². The number of hydrogen-bond donors (Lipinski definition) is 2. The maximum Gasteiger partial charge on any atom is 0.260 e. The molecule has 1 aliphatic carbocycles. The second-order valence-electron chi connectivity index (χ2n) is 6.52. The number of rotatable bonds is 6. The van der Waals surface area contributed by atoms with E-state index >= 15 is 0 Å². The smallest absolute Gasteiger partial charge is 0.260 e. The van der Waals surface area contributed by atoms with Crippen molar-refractivity contribution in [3.05, 3.63) is 35.0 Å². The number of nitrogens with one attached hydrogen (secondary N) is 2. The Hall–Kier alpha value is -2.51. The number of nitrogens with zero attached hydrogens (tertiary/aromatic N) is 3. The van der Waals surface area contributed by atoms with Crippen molar-refractivity contribution in [3.8, 4) is 0 Å². The lowest BCUT2D eigenvalue weighted by molar-refractivity contribution is -0.117. The third-order valence-corrected chi connectivity index (χ3v) is 4.33. The zero-order valence-corrected chi connectivity index (χ0v) is 14.4. The van der Waals surface area contributed by atoms with Crippen molar-refractivity contribution in [3.63, 3.8) is 0 Å². The van der Waals surface area contributed by atoms with Crippen LogP contribution in [0.15, 0.2) is 17.8 Å². The summed E-state index contributed by atoms with van der Waals surface area (Å²) in [4.78, 5) is 16.7. The van der Waals surface area contributed by atoms with Crippen LogP contribution in [-0.2, 0) is 11.8 Å². The Labute approximate surface area is 144 Å². The molecule has 1 aliphatic rings. The number of aryl methyl sites for hydroxylation is 1. The molecule has 25 heavy (non-hydrogen) atoms. The predicted octanol–water partition coefficient (Wildman–Crippen LogP) is 3.43. The first kappa shape index (κ1) is 17.3. The number of halogens is 2. The van der Waals surface area contributed by atoms with Crippen molar-refractivity contribution in [1.82, 2.24) is 19.7 Å². The average Bonchev–Trinajstić information content (AvgIpc) is 3.21. The van der Waals surface area contributed by atoms with Crippen LogP contribution in [0, 0.1) is 0 Å². The number of amides is 1. The van der Waals surface area contributed by atoms with Crippen LogP contribution < -0.4 is 5.32 Å². The number of anilines is 1. The molecule has 8 heteroatoms. The van der Waals surface area contributed by atoms with Gasteiger partial charge < -0.3 is 9.88 Å². The van der Waals surface area contributed by atoms with Crippen LogP contribution in [0.1, 0.15) is 55.7 Å². The molecule has 1 atom stereocenters. The molecule has 134 valence electrons. The van der Waals surface area contributed by atoms with Gasteiger partial charge in [-0.25, -0.2) is 13.8 Å². The van der Waals surface area contributed by atoms with E-state index in [9.17, 15) is 13.6 Å². The first-order valence-corrected chi connectivity index (χ1v) is 8.21. The normalized spacial score (nSPS) is 16.3. The highest BCUT2D eigenvalue weighted by molar-refractivity contribution is 5.94. The third-order valence-electron chi connectivity index (χ3n) is 4.33. The summed E-state index contributed by atoms with van der Waals surface area (Å²) in [7, 11) is 1.71. The van der Waals surface area contributed by atoms with Gasteiger partial charge in [-0.3, -0.25) is 9.89 Å². The van der Waals surface area contributed by atoms with Crippen LogP contribution in [0.4, 0.5) is 14.6 Å². The van der Waals surface area contributed by atoms with Gasteiger partial charge in [0.25, 0.3) is 6.43 Å². The molecule has 0 aromatic carbocycles. The molecule has 2 N–H and O–H groups in total. The molecule has 0 saturated heterocycles. The minimum atomic E-state index is -2.53. The molecular weight excluding hydrogens is 328 g/mol. The van der Waals surface area contributed by atoms with Crippen LogP contribution in [0.25, 0.3) is 6.08 Å². The number of aromatic nitrogens is 4. The molecule has 1 fully saturated rings. The molecule has 2 heterocycles. The van der Waals surface area contributed by atoms with E-state index < -0.39 is 12.3 Å². The van der Waals surface area contributed by atoms with E-state index in [2.05, 4.69) is 20.5 Å². The van der Waals surface area contributed by atoms with E-state index in [1.165, 1.54) is 13.0 Å². The highest BCUT2D eigenvalue weighted by Crippen LogP contribution is 2.39. The molecular formula is C17H21F2N5O. The second kappa shape index (κ2) is 6.78. The maximum atomic E-state index is 12.7. The van der Waals surface area contributed by atoms with Gasteiger partial charge in [0.2, 0.25) is 5.91 Å². The van der Waals surface area contributed by atoms with Crippen LogP contribution in [0.3, 0.4) is 0 Å². The number of allylic oxidation sites excluding steroid dienone is 1. The van der Waals surface area contributed by atoms with E-state index in [-0.39, 0.29) is 11.5 Å². The summed E-state index contributed by atoms with van der Waals surface area (Å²) in [5.41, 5.74) is 1.49. The van der Waals surface area contributed by atoms with E-state index in [1.54, 1.807) is 24.7 Å². The minimum Gasteiger partial charge on any atom is -0.334 e. The van der Waals surface area contributed by atoms with Crippen LogP contribution in [0.2, 0.25) is 0 Å². The topological polar surface area (TPSA) is 75.6 Å². The van der Waals surface area contributed by atoms with Crippen LogP contribution >= 0.6 is 0 Å². The van der Waals surface area contributed by atoms with Gasteiger partial charge >= 0.3 is 0 Å². The highest BCUT2D eigenvalue weighted by Gasteiger charge is 2.26. The van der Waals surface area contributed by atoms with E-state index in [0.717, 1.165) is 18.5 Å². The Kier molecular flexibility index (Phi) is 4.69. The predicted molar refractivity (Wildman–Crippen MR) is 90.5 cm³/mol. The lowest BCUT2D eigenvalue weighted by atomic mass is 10.1. The Bertz CT molecular complexity index is 804. The Balaban J connectivity index is 1.70. The summed E-state index contributed by atoms with van der Waals surface area (Å²) in [5, 5.41) is 9.80. The summed E-state index contributed by atoms with van der Waals surface area (Å²) >= 11 is 0. The molecule has 1 amide bonds. The minimum absolute atomic E-state index is 0.0681. The average molecular weight is 349 g/mol. The van der Waals surface area contributed by atoms with Crippen molar-refractivity contribution in [2.45, 2.75) is 45.0 Å². The summed E-state index contributed by atoms with van der Waals surface area (Å²) in [5.74, 6) is 0.639. The number of alkyl halides is 2. The summed E-state index contributed by atoms with van der Waals surface area (Å²) in [6.45, 7) is 3.07. The standard InChI is InChI=1S/C17H21F2N5O/c1-9(16(18)19)6-15-20-13(8-24(15)3)10(2)17(25)21-14-7-12(22-23-14)11-4-5-11/h6-8,10-11,16H,4-5H2,1-3H3,(H2,21,22,23,25)/b9-6+/t10-/m1/s1. The van der Waals surface area contributed by atoms with Gasteiger partial charge in [-0.05, 0) is 38.3 Å². The first-order chi connectivity index (χ1) is 11.8. The molecule has 3 rings (SSSR count). The maximum absolute atomic E-state index is 12.7.